The van der Waals surface area contributed by atoms with E-state index in [4.69, 9.17) is 10.5 Å². The van der Waals surface area contributed by atoms with Gasteiger partial charge in [-0.3, -0.25) is 4.98 Å². The number of hydrogen-bond acceptors (Lipinski definition) is 3. The third-order valence-corrected chi connectivity index (χ3v) is 4.29. The Bertz CT molecular complexity index is 601. The fourth-order valence-corrected chi connectivity index (χ4v) is 2.45. The molecule has 2 N–H and O–H groups in total. The fourth-order valence-electron chi connectivity index (χ4n) is 2.05. The zero-order valence-electron chi connectivity index (χ0n) is 12.5. The Morgan fingerprint density at radius 1 is 1.33 bits per heavy atom. The number of nitrogens with two attached hydrogens (primary N) is 1. The molecule has 0 fully saturated rings. The third-order valence-electron chi connectivity index (χ3n) is 3.52. The van der Waals surface area contributed by atoms with E-state index in [0.29, 0.717) is 6.61 Å². The van der Waals surface area contributed by atoms with E-state index in [-0.39, 0.29) is 6.04 Å². The summed E-state index contributed by atoms with van der Waals surface area (Å²) in [6.45, 7) is 4.62. The van der Waals surface area contributed by atoms with Crippen LogP contribution in [0.5, 0.6) is 5.75 Å². The molecule has 0 aliphatic rings. The topological polar surface area (TPSA) is 48.1 Å². The Hall–Kier alpha value is -1.39. The second-order valence-corrected chi connectivity index (χ2v) is 6.04. The molecule has 0 aliphatic carbocycles. The summed E-state index contributed by atoms with van der Waals surface area (Å²) in [6.07, 6.45) is 3.60. The lowest BCUT2D eigenvalue weighted by Crippen LogP contribution is -2.21. The van der Waals surface area contributed by atoms with Gasteiger partial charge in [0.15, 0.2) is 0 Å². The van der Waals surface area contributed by atoms with Gasteiger partial charge in [-0.25, -0.2) is 0 Å². The molecule has 2 rings (SSSR count). The van der Waals surface area contributed by atoms with Crippen LogP contribution in [0.1, 0.15) is 30.2 Å². The van der Waals surface area contributed by atoms with Crippen molar-refractivity contribution in [3.05, 3.63) is 57.8 Å². The summed E-state index contributed by atoms with van der Waals surface area (Å²) in [5, 5.41) is 0. The molecule has 3 nitrogen and oxygen atoms in total. The van der Waals surface area contributed by atoms with Crippen LogP contribution in [-0.4, -0.2) is 11.0 Å². The molecule has 1 heterocycles. The molecule has 21 heavy (non-hydrogen) atoms. The second-order valence-electron chi connectivity index (χ2n) is 5.18. The molecule has 0 radical (unpaired) electrons. The quantitative estimate of drug-likeness (QED) is 0.857. The summed E-state index contributed by atoms with van der Waals surface area (Å²) in [5.74, 6) is 0.849. The van der Waals surface area contributed by atoms with Crippen molar-refractivity contribution in [3.63, 3.8) is 0 Å². The Balaban J connectivity index is 2.07. The van der Waals surface area contributed by atoms with Crippen LogP contribution in [0.25, 0.3) is 0 Å². The van der Waals surface area contributed by atoms with Crippen LogP contribution in [0.4, 0.5) is 0 Å². The Morgan fingerprint density at radius 3 is 2.86 bits per heavy atom. The highest BCUT2D eigenvalue weighted by Crippen LogP contribution is 2.24. The number of aryl methyl sites for hydroxylation is 1. The zero-order chi connectivity index (χ0) is 15.2. The first-order chi connectivity index (χ1) is 10.1. The van der Waals surface area contributed by atoms with Gasteiger partial charge in [-0.1, -0.05) is 28.9 Å². The Morgan fingerprint density at radius 2 is 2.14 bits per heavy atom. The first-order valence-corrected chi connectivity index (χ1v) is 7.96. The average molecular weight is 349 g/mol. The van der Waals surface area contributed by atoms with E-state index in [9.17, 15) is 0 Å². The van der Waals surface area contributed by atoms with Crippen molar-refractivity contribution in [2.45, 2.75) is 39.3 Å². The maximum atomic E-state index is 6.04. The number of aromatic nitrogens is 1. The zero-order valence-corrected chi connectivity index (χ0v) is 14.1. The van der Waals surface area contributed by atoms with Crippen molar-refractivity contribution < 1.29 is 4.74 Å². The molecule has 0 saturated heterocycles. The predicted molar refractivity (Wildman–Crippen MR) is 89.4 cm³/mol. The van der Waals surface area contributed by atoms with E-state index in [2.05, 4.69) is 33.9 Å². The van der Waals surface area contributed by atoms with Gasteiger partial charge < -0.3 is 10.5 Å². The van der Waals surface area contributed by atoms with Crippen molar-refractivity contribution in [3.8, 4) is 5.75 Å². The van der Waals surface area contributed by atoms with Gasteiger partial charge in [0.2, 0.25) is 0 Å². The van der Waals surface area contributed by atoms with Crippen LogP contribution < -0.4 is 10.5 Å². The van der Waals surface area contributed by atoms with Gasteiger partial charge >= 0.3 is 0 Å². The lowest BCUT2D eigenvalue weighted by molar-refractivity contribution is 0.300. The summed E-state index contributed by atoms with van der Waals surface area (Å²) < 4.78 is 6.94. The van der Waals surface area contributed by atoms with Gasteiger partial charge in [0.05, 0.1) is 5.69 Å². The molecule has 112 valence electrons. The maximum absolute atomic E-state index is 6.04. The number of benzene rings is 1. The van der Waals surface area contributed by atoms with Gasteiger partial charge in [-0.2, -0.15) is 0 Å². The van der Waals surface area contributed by atoms with E-state index in [1.54, 1.807) is 6.20 Å². The Labute approximate surface area is 134 Å². The second kappa shape index (κ2) is 7.57. The van der Waals surface area contributed by atoms with E-state index in [1.807, 2.05) is 31.2 Å². The summed E-state index contributed by atoms with van der Waals surface area (Å²) in [7, 11) is 0. The van der Waals surface area contributed by atoms with Gasteiger partial charge in [0.1, 0.15) is 12.4 Å². The van der Waals surface area contributed by atoms with Gasteiger partial charge in [-0.05, 0) is 55.2 Å². The van der Waals surface area contributed by atoms with Crippen molar-refractivity contribution in [2.24, 2.45) is 5.73 Å². The summed E-state index contributed by atoms with van der Waals surface area (Å²) in [4.78, 5) is 4.34. The first-order valence-electron chi connectivity index (χ1n) is 7.17. The highest BCUT2D eigenvalue weighted by molar-refractivity contribution is 9.10. The molecule has 0 bridgehead atoms. The lowest BCUT2D eigenvalue weighted by atomic mass is 10.0. The van der Waals surface area contributed by atoms with Gasteiger partial charge in [-0.15, -0.1) is 0 Å². The molecular formula is C17H21BrN2O. The number of hydrogen-bond donors (Lipinski definition) is 1. The molecule has 2 aromatic rings. The predicted octanol–water partition coefficient (Wildman–Crippen LogP) is 4.01. The van der Waals surface area contributed by atoms with Crippen molar-refractivity contribution in [1.29, 1.82) is 0 Å². The molecule has 0 spiro atoms. The molecule has 1 atom stereocenters. The van der Waals surface area contributed by atoms with Crippen LogP contribution in [0.2, 0.25) is 0 Å². The van der Waals surface area contributed by atoms with Crippen LogP contribution in [-0.2, 0) is 13.0 Å². The van der Waals surface area contributed by atoms with E-state index < -0.39 is 0 Å². The molecule has 0 saturated carbocycles. The van der Waals surface area contributed by atoms with E-state index in [0.717, 1.165) is 34.3 Å². The molecule has 1 unspecified atom stereocenters. The summed E-state index contributed by atoms with van der Waals surface area (Å²) in [5.41, 5.74) is 9.32. The number of ether oxygens (including phenoxy) is 1. The van der Waals surface area contributed by atoms with Crippen molar-refractivity contribution in [1.82, 2.24) is 4.98 Å². The number of halogens is 1. The summed E-state index contributed by atoms with van der Waals surface area (Å²) in [6, 6.07) is 10.2. The fraction of sp³-hybridized carbons (Fsp3) is 0.353. The van der Waals surface area contributed by atoms with Gasteiger partial charge in [0, 0.05) is 16.7 Å². The van der Waals surface area contributed by atoms with E-state index in [1.165, 1.54) is 5.56 Å². The largest absolute Gasteiger partial charge is 0.487 e. The molecule has 4 heteroatoms. The monoisotopic (exact) mass is 348 g/mol. The Kier molecular flexibility index (Phi) is 5.76. The minimum Gasteiger partial charge on any atom is -0.487 e. The average Bonchev–Trinajstić information content (AvgIpc) is 2.49. The highest BCUT2D eigenvalue weighted by Gasteiger charge is 2.08. The molecule has 1 aromatic carbocycles. The maximum Gasteiger partial charge on any atom is 0.130 e. The number of rotatable bonds is 6. The minimum atomic E-state index is 0.176. The molecule has 1 aromatic heterocycles. The summed E-state index contributed by atoms with van der Waals surface area (Å²) >= 11 is 3.57. The van der Waals surface area contributed by atoms with Crippen molar-refractivity contribution in [2.75, 3.05) is 0 Å². The normalized spacial score (nSPS) is 12.2. The SMILES string of the molecule is CCC(N)Cc1cc(OCc2ncccc2C)ccc1Br. The molecular weight excluding hydrogens is 328 g/mol. The number of pyridine rings is 1. The van der Waals surface area contributed by atoms with E-state index >= 15 is 0 Å². The third kappa shape index (κ3) is 4.55. The smallest absolute Gasteiger partial charge is 0.130 e. The highest BCUT2D eigenvalue weighted by atomic mass is 79.9. The van der Waals surface area contributed by atoms with Crippen molar-refractivity contribution >= 4 is 15.9 Å². The van der Waals surface area contributed by atoms with Crippen LogP contribution in [0, 0.1) is 6.92 Å². The lowest BCUT2D eigenvalue weighted by Gasteiger charge is -2.13. The standard InChI is InChI=1S/C17H21BrN2O/c1-3-14(19)9-13-10-15(6-7-16(13)18)21-11-17-12(2)5-4-8-20-17/h4-8,10,14H,3,9,11,19H2,1-2H3. The first kappa shape index (κ1) is 16.0. The minimum absolute atomic E-state index is 0.176. The molecule has 0 amide bonds. The van der Waals surface area contributed by atoms with Gasteiger partial charge in [0.25, 0.3) is 0 Å². The van der Waals surface area contributed by atoms with Crippen LogP contribution in [0.15, 0.2) is 41.0 Å². The van der Waals surface area contributed by atoms with Crippen LogP contribution >= 0.6 is 15.9 Å². The van der Waals surface area contributed by atoms with Crippen LogP contribution in [0.3, 0.4) is 0 Å². The molecule has 0 aliphatic heterocycles. The number of nitrogens with zero attached hydrogens (tertiary/aromatic N) is 1.